The van der Waals surface area contributed by atoms with E-state index in [1.54, 1.807) is 13.0 Å². The van der Waals surface area contributed by atoms with Gasteiger partial charge in [0.1, 0.15) is 5.70 Å². The third kappa shape index (κ3) is 3.89. The first kappa shape index (κ1) is 12.0. The van der Waals surface area contributed by atoms with E-state index >= 15 is 0 Å². The molecule has 1 unspecified atom stereocenters. The van der Waals surface area contributed by atoms with Crippen LogP contribution in [0.4, 0.5) is 0 Å². The maximum Gasteiger partial charge on any atom is 0.356 e. The third-order valence-corrected chi connectivity index (χ3v) is 1.86. The molecule has 0 aliphatic carbocycles. The number of hydroxylamine groups is 1. The molecule has 0 bridgehead atoms. The molecular weight excluding hydrogens is 198 g/mol. The number of carbonyl (C=O) groups is 1. The minimum atomic E-state index is -0.490. The summed E-state index contributed by atoms with van der Waals surface area (Å²) in [7, 11) is 0. The lowest BCUT2D eigenvalue weighted by atomic mass is 10.3. The Hall–Kier alpha value is -1.07. The molecule has 1 atom stereocenters. The van der Waals surface area contributed by atoms with Crippen molar-refractivity contribution in [3.63, 3.8) is 0 Å². The van der Waals surface area contributed by atoms with Crippen molar-refractivity contribution in [1.82, 2.24) is 5.48 Å². The summed E-state index contributed by atoms with van der Waals surface area (Å²) < 4.78 is 10.1. The van der Waals surface area contributed by atoms with Crippen molar-refractivity contribution >= 4 is 5.97 Å². The minimum Gasteiger partial charge on any atom is -0.461 e. The smallest absolute Gasteiger partial charge is 0.356 e. The molecule has 5 nitrogen and oxygen atoms in total. The number of esters is 1. The molecule has 0 aromatic rings. The van der Waals surface area contributed by atoms with Gasteiger partial charge >= 0.3 is 5.97 Å². The van der Waals surface area contributed by atoms with Gasteiger partial charge in [-0.05, 0) is 13.3 Å². The quantitative estimate of drug-likeness (QED) is 0.531. The Morgan fingerprint density at radius 3 is 3.07 bits per heavy atom. The summed E-state index contributed by atoms with van der Waals surface area (Å²) in [6.45, 7) is 4.80. The molecule has 0 saturated heterocycles. The molecule has 5 heteroatoms. The van der Waals surface area contributed by atoms with E-state index in [1.807, 2.05) is 0 Å². The van der Waals surface area contributed by atoms with Crippen molar-refractivity contribution in [3.05, 3.63) is 11.8 Å². The summed E-state index contributed by atoms with van der Waals surface area (Å²) in [6.07, 6.45) is 3.13. The van der Waals surface area contributed by atoms with E-state index in [2.05, 4.69) is 12.4 Å². The van der Waals surface area contributed by atoms with Gasteiger partial charge in [0.25, 0.3) is 0 Å². The van der Waals surface area contributed by atoms with Crippen LogP contribution in [-0.4, -0.2) is 25.5 Å². The van der Waals surface area contributed by atoms with Crippen LogP contribution in [0.5, 0.6) is 0 Å². The zero-order valence-electron chi connectivity index (χ0n) is 9.12. The van der Waals surface area contributed by atoms with Crippen LogP contribution in [0, 0.1) is 0 Å². The first-order chi connectivity index (χ1) is 7.27. The van der Waals surface area contributed by atoms with E-state index in [-0.39, 0.29) is 0 Å². The van der Waals surface area contributed by atoms with Gasteiger partial charge in [-0.25, -0.2) is 9.63 Å². The summed E-state index contributed by atoms with van der Waals surface area (Å²) in [5, 5.41) is 0. The summed E-state index contributed by atoms with van der Waals surface area (Å²) in [4.78, 5) is 16.2. The molecule has 1 aliphatic rings. The molecule has 1 aliphatic heterocycles. The third-order valence-electron chi connectivity index (χ3n) is 1.86. The molecule has 0 saturated carbocycles. The first-order valence-corrected chi connectivity index (χ1v) is 5.20. The van der Waals surface area contributed by atoms with Crippen molar-refractivity contribution < 1.29 is 19.1 Å². The Labute approximate surface area is 89.3 Å². The fourth-order valence-electron chi connectivity index (χ4n) is 1.07. The van der Waals surface area contributed by atoms with Crippen LogP contribution in [0.1, 0.15) is 26.7 Å². The molecule has 0 spiro atoms. The first-order valence-electron chi connectivity index (χ1n) is 5.20. The van der Waals surface area contributed by atoms with Crippen LogP contribution in [0.25, 0.3) is 0 Å². The van der Waals surface area contributed by atoms with Crippen LogP contribution < -0.4 is 5.48 Å². The molecule has 1 rings (SSSR count). The van der Waals surface area contributed by atoms with Gasteiger partial charge < -0.3 is 9.47 Å². The molecule has 0 aromatic heterocycles. The molecule has 15 heavy (non-hydrogen) atoms. The van der Waals surface area contributed by atoms with Crippen molar-refractivity contribution in [3.8, 4) is 0 Å². The second-order valence-electron chi connectivity index (χ2n) is 3.11. The van der Waals surface area contributed by atoms with Crippen LogP contribution in [0.3, 0.4) is 0 Å². The predicted octanol–water partition coefficient (Wildman–Crippen LogP) is 1.11. The summed E-state index contributed by atoms with van der Waals surface area (Å²) in [5.41, 5.74) is 2.78. The zero-order chi connectivity index (χ0) is 11.1. The SMILES string of the molecule is CCCCOC1C=C(C(=O)OCC)NO1. The highest BCUT2D eigenvalue weighted by molar-refractivity contribution is 5.87. The van der Waals surface area contributed by atoms with Gasteiger partial charge in [-0.1, -0.05) is 13.3 Å². The maximum atomic E-state index is 11.2. The second-order valence-corrected chi connectivity index (χ2v) is 3.11. The topological polar surface area (TPSA) is 56.8 Å². The normalized spacial score (nSPS) is 19.6. The van der Waals surface area contributed by atoms with E-state index < -0.39 is 12.3 Å². The van der Waals surface area contributed by atoms with Gasteiger partial charge in [0, 0.05) is 6.08 Å². The Bertz CT molecular complexity index is 240. The molecule has 0 amide bonds. The highest BCUT2D eigenvalue weighted by atomic mass is 16.8. The van der Waals surface area contributed by atoms with E-state index in [0.29, 0.717) is 18.9 Å². The van der Waals surface area contributed by atoms with Crippen LogP contribution in [0.15, 0.2) is 11.8 Å². The summed E-state index contributed by atoms with van der Waals surface area (Å²) >= 11 is 0. The number of hydrogen-bond acceptors (Lipinski definition) is 5. The molecule has 1 N–H and O–H groups in total. The highest BCUT2D eigenvalue weighted by Crippen LogP contribution is 2.10. The number of ether oxygens (including phenoxy) is 2. The van der Waals surface area contributed by atoms with Gasteiger partial charge in [0.2, 0.25) is 6.29 Å². The average Bonchev–Trinajstić information content (AvgIpc) is 2.67. The van der Waals surface area contributed by atoms with Crippen molar-refractivity contribution in [2.45, 2.75) is 33.0 Å². The number of carbonyl (C=O) groups excluding carboxylic acids is 1. The van der Waals surface area contributed by atoms with Gasteiger partial charge in [0.05, 0.1) is 13.2 Å². The van der Waals surface area contributed by atoms with Gasteiger partial charge in [-0.15, -0.1) is 0 Å². The van der Waals surface area contributed by atoms with Crippen molar-refractivity contribution in [2.24, 2.45) is 0 Å². The van der Waals surface area contributed by atoms with E-state index in [9.17, 15) is 4.79 Å². The van der Waals surface area contributed by atoms with Gasteiger partial charge in [-0.3, -0.25) is 5.48 Å². The lowest BCUT2D eigenvalue weighted by Crippen LogP contribution is -2.19. The van der Waals surface area contributed by atoms with E-state index in [4.69, 9.17) is 14.3 Å². The van der Waals surface area contributed by atoms with Crippen molar-refractivity contribution in [1.29, 1.82) is 0 Å². The molecule has 0 radical (unpaired) electrons. The Morgan fingerprint density at radius 2 is 2.40 bits per heavy atom. The highest BCUT2D eigenvalue weighted by Gasteiger charge is 2.22. The molecule has 0 fully saturated rings. The fourth-order valence-corrected chi connectivity index (χ4v) is 1.07. The Balaban J connectivity index is 2.30. The Morgan fingerprint density at radius 1 is 1.60 bits per heavy atom. The summed E-state index contributed by atoms with van der Waals surface area (Å²) in [5.74, 6) is -0.418. The number of rotatable bonds is 6. The molecular formula is C10H17NO4. The molecule has 1 heterocycles. The predicted molar refractivity (Wildman–Crippen MR) is 53.6 cm³/mol. The monoisotopic (exact) mass is 215 g/mol. The standard InChI is InChI=1S/C10H17NO4/c1-3-5-6-14-9-7-8(11-15-9)10(12)13-4-2/h7,9,11H,3-6H2,1-2H3. The van der Waals surface area contributed by atoms with Crippen LogP contribution in [0.2, 0.25) is 0 Å². The lowest BCUT2D eigenvalue weighted by molar-refractivity contribution is -0.144. The van der Waals surface area contributed by atoms with Crippen LogP contribution in [-0.2, 0) is 19.1 Å². The number of unbranched alkanes of at least 4 members (excludes halogenated alkanes) is 1. The largest absolute Gasteiger partial charge is 0.461 e. The van der Waals surface area contributed by atoms with Gasteiger partial charge in [0.15, 0.2) is 0 Å². The molecule has 86 valence electrons. The maximum absolute atomic E-state index is 11.2. The van der Waals surface area contributed by atoms with E-state index in [1.165, 1.54) is 0 Å². The van der Waals surface area contributed by atoms with E-state index in [0.717, 1.165) is 12.8 Å². The number of nitrogens with one attached hydrogen (secondary N) is 1. The minimum absolute atomic E-state index is 0.304. The fraction of sp³-hybridized carbons (Fsp3) is 0.700. The lowest BCUT2D eigenvalue weighted by Gasteiger charge is -2.07. The molecule has 0 aromatic carbocycles. The average molecular weight is 215 g/mol. The van der Waals surface area contributed by atoms with Crippen LogP contribution >= 0.6 is 0 Å². The zero-order valence-corrected chi connectivity index (χ0v) is 9.12. The van der Waals surface area contributed by atoms with Crippen molar-refractivity contribution in [2.75, 3.05) is 13.2 Å². The van der Waals surface area contributed by atoms with Gasteiger partial charge in [-0.2, -0.15) is 0 Å². The Kier molecular flexibility index (Phi) is 5.14. The summed E-state index contributed by atoms with van der Waals surface area (Å²) in [6, 6.07) is 0. The number of hydrogen-bond donors (Lipinski definition) is 1. The second kappa shape index (κ2) is 6.42.